The van der Waals surface area contributed by atoms with Crippen LogP contribution >= 0.6 is 0 Å². The van der Waals surface area contributed by atoms with Crippen molar-refractivity contribution < 1.29 is 14.7 Å². The Morgan fingerprint density at radius 3 is 2.35 bits per heavy atom. The number of aryl methyl sites for hydroxylation is 1. The summed E-state index contributed by atoms with van der Waals surface area (Å²) >= 11 is 0. The fourth-order valence-electron chi connectivity index (χ4n) is 4.43. The Labute approximate surface area is 235 Å². The Morgan fingerprint density at radius 1 is 0.975 bits per heavy atom. The van der Waals surface area contributed by atoms with E-state index in [1.165, 1.54) is 17.7 Å². The largest absolute Gasteiger partial charge is 0.508 e. The SMILES string of the molecule is CC(C)(C)c1ccc(-n2nc(-c3ccccn3)cc2CCCCC(=O)NC(=O)C(N)Cc2ccc(O)cc2)cc1. The fourth-order valence-corrected chi connectivity index (χ4v) is 4.43. The lowest BCUT2D eigenvalue weighted by Gasteiger charge is -2.19. The Morgan fingerprint density at radius 2 is 1.70 bits per heavy atom. The van der Waals surface area contributed by atoms with Crippen LogP contribution in [0.15, 0.2) is 79.0 Å². The fraction of sp³-hybridized carbons (Fsp3) is 0.312. The van der Waals surface area contributed by atoms with Crippen LogP contribution in [-0.4, -0.2) is 37.7 Å². The number of aromatic hydroxyl groups is 1. The molecular weight excluding hydrogens is 502 g/mol. The van der Waals surface area contributed by atoms with E-state index in [-0.39, 0.29) is 29.9 Å². The lowest BCUT2D eigenvalue weighted by Crippen LogP contribution is -2.44. The number of unbranched alkanes of at least 4 members (excludes halogenated alkanes) is 1. The summed E-state index contributed by atoms with van der Waals surface area (Å²) in [4.78, 5) is 29.2. The topological polar surface area (TPSA) is 123 Å². The summed E-state index contributed by atoms with van der Waals surface area (Å²) in [5.41, 5.74) is 11.7. The molecule has 0 aliphatic heterocycles. The van der Waals surface area contributed by atoms with Gasteiger partial charge in [0.05, 0.1) is 17.4 Å². The Hall–Kier alpha value is -4.30. The highest BCUT2D eigenvalue weighted by atomic mass is 16.3. The molecule has 0 saturated carbocycles. The molecule has 0 radical (unpaired) electrons. The van der Waals surface area contributed by atoms with E-state index in [0.717, 1.165) is 34.8 Å². The number of phenolic OH excluding ortho intramolecular Hbond substituents is 1. The number of carbonyl (C=O) groups excluding carboxylic acids is 2. The first-order valence-corrected chi connectivity index (χ1v) is 13.6. The van der Waals surface area contributed by atoms with E-state index in [1.54, 1.807) is 18.3 Å². The first-order chi connectivity index (χ1) is 19.1. The van der Waals surface area contributed by atoms with Crippen LogP contribution in [0, 0.1) is 0 Å². The molecule has 1 atom stereocenters. The number of amides is 2. The summed E-state index contributed by atoms with van der Waals surface area (Å²) in [7, 11) is 0. The highest BCUT2D eigenvalue weighted by Crippen LogP contribution is 2.25. The molecule has 0 saturated heterocycles. The predicted octanol–water partition coefficient (Wildman–Crippen LogP) is 4.86. The third kappa shape index (κ3) is 7.64. The molecule has 0 bridgehead atoms. The zero-order chi connectivity index (χ0) is 28.7. The number of pyridine rings is 1. The number of rotatable bonds is 10. The molecule has 2 amide bonds. The highest BCUT2D eigenvalue weighted by molar-refractivity contribution is 5.97. The molecule has 0 spiro atoms. The van der Waals surface area contributed by atoms with Crippen molar-refractivity contribution in [1.29, 1.82) is 0 Å². The van der Waals surface area contributed by atoms with Gasteiger partial charge in [-0.25, -0.2) is 4.68 Å². The molecule has 4 aromatic rings. The van der Waals surface area contributed by atoms with Gasteiger partial charge in [-0.3, -0.25) is 19.9 Å². The lowest BCUT2D eigenvalue weighted by atomic mass is 9.87. The van der Waals surface area contributed by atoms with E-state index >= 15 is 0 Å². The first kappa shape index (κ1) is 28.7. The maximum atomic E-state index is 12.4. The first-order valence-electron chi connectivity index (χ1n) is 13.6. The molecule has 2 heterocycles. The van der Waals surface area contributed by atoms with Crippen LogP contribution in [0.25, 0.3) is 17.1 Å². The second-order valence-electron chi connectivity index (χ2n) is 11.0. The average molecular weight is 540 g/mol. The zero-order valence-corrected chi connectivity index (χ0v) is 23.3. The van der Waals surface area contributed by atoms with E-state index < -0.39 is 11.9 Å². The van der Waals surface area contributed by atoms with Crippen molar-refractivity contribution in [2.45, 2.75) is 64.3 Å². The molecule has 40 heavy (non-hydrogen) atoms. The van der Waals surface area contributed by atoms with Crippen LogP contribution in [0.5, 0.6) is 5.75 Å². The van der Waals surface area contributed by atoms with Crippen molar-refractivity contribution in [2.75, 3.05) is 0 Å². The molecule has 0 fully saturated rings. The number of imide groups is 1. The molecule has 2 aromatic carbocycles. The maximum absolute atomic E-state index is 12.4. The van der Waals surface area contributed by atoms with Gasteiger partial charge >= 0.3 is 0 Å². The van der Waals surface area contributed by atoms with Crippen LogP contribution in [0.2, 0.25) is 0 Å². The van der Waals surface area contributed by atoms with E-state index in [1.807, 2.05) is 28.9 Å². The summed E-state index contributed by atoms with van der Waals surface area (Å²) in [6, 6.07) is 21.9. The molecule has 208 valence electrons. The van der Waals surface area contributed by atoms with Gasteiger partial charge < -0.3 is 10.8 Å². The second-order valence-corrected chi connectivity index (χ2v) is 11.0. The number of aromatic nitrogens is 3. The minimum absolute atomic E-state index is 0.0575. The Bertz CT molecular complexity index is 1420. The molecule has 8 heteroatoms. The van der Waals surface area contributed by atoms with Crippen molar-refractivity contribution in [3.05, 3.63) is 95.8 Å². The molecular formula is C32H37N5O3. The van der Waals surface area contributed by atoms with Gasteiger partial charge in [-0.15, -0.1) is 0 Å². The van der Waals surface area contributed by atoms with Crippen LogP contribution in [0.4, 0.5) is 0 Å². The van der Waals surface area contributed by atoms with Crippen molar-refractivity contribution in [3.63, 3.8) is 0 Å². The smallest absolute Gasteiger partial charge is 0.243 e. The van der Waals surface area contributed by atoms with Crippen LogP contribution in [0.3, 0.4) is 0 Å². The van der Waals surface area contributed by atoms with Crippen molar-refractivity contribution >= 4 is 11.8 Å². The summed E-state index contributed by atoms with van der Waals surface area (Å²) in [6.45, 7) is 6.56. The van der Waals surface area contributed by atoms with Gasteiger partial charge in [0.1, 0.15) is 11.4 Å². The molecule has 2 aromatic heterocycles. The predicted molar refractivity (Wildman–Crippen MR) is 156 cm³/mol. The summed E-state index contributed by atoms with van der Waals surface area (Å²) in [6.07, 6.45) is 4.32. The zero-order valence-electron chi connectivity index (χ0n) is 23.3. The number of hydrogen-bond donors (Lipinski definition) is 3. The Balaban J connectivity index is 1.36. The number of nitrogens with two attached hydrogens (primary N) is 1. The third-order valence-electron chi connectivity index (χ3n) is 6.77. The summed E-state index contributed by atoms with van der Waals surface area (Å²) in [5.74, 6) is -0.701. The quantitative estimate of drug-likeness (QED) is 0.247. The number of benzene rings is 2. The average Bonchev–Trinajstić information content (AvgIpc) is 3.36. The maximum Gasteiger partial charge on any atom is 0.243 e. The highest BCUT2D eigenvalue weighted by Gasteiger charge is 2.18. The van der Waals surface area contributed by atoms with E-state index in [4.69, 9.17) is 10.8 Å². The number of hydrogen-bond acceptors (Lipinski definition) is 6. The standard InChI is InChI=1S/C32H37N5O3/c1-32(2,3)23-13-15-24(16-14-23)37-25(21-29(36-37)28-9-6-7-19-34-28)8-4-5-10-30(39)35-31(40)27(33)20-22-11-17-26(38)18-12-22/h6-7,9,11-19,21,27,38H,4-5,8,10,20,33H2,1-3H3,(H,35,39,40). The summed E-state index contributed by atoms with van der Waals surface area (Å²) in [5, 5.41) is 16.7. The number of nitrogens with one attached hydrogen (secondary N) is 1. The van der Waals surface area contributed by atoms with Gasteiger partial charge in [0.2, 0.25) is 11.8 Å². The van der Waals surface area contributed by atoms with Gasteiger partial charge in [0.15, 0.2) is 0 Å². The van der Waals surface area contributed by atoms with E-state index in [0.29, 0.717) is 12.8 Å². The number of nitrogens with zero attached hydrogens (tertiary/aromatic N) is 3. The van der Waals surface area contributed by atoms with Crippen molar-refractivity contribution in [3.8, 4) is 22.8 Å². The van der Waals surface area contributed by atoms with Crippen LogP contribution in [0.1, 0.15) is 56.9 Å². The summed E-state index contributed by atoms with van der Waals surface area (Å²) < 4.78 is 1.95. The number of carbonyl (C=O) groups is 2. The molecule has 0 aliphatic carbocycles. The van der Waals surface area contributed by atoms with Gasteiger partial charge in [-0.1, -0.05) is 51.1 Å². The second kappa shape index (κ2) is 12.7. The molecule has 4 N–H and O–H groups in total. The van der Waals surface area contributed by atoms with Crippen LogP contribution in [-0.2, 0) is 27.8 Å². The number of phenols is 1. The normalized spacial score (nSPS) is 12.2. The third-order valence-corrected chi connectivity index (χ3v) is 6.77. The van der Waals surface area contributed by atoms with Crippen LogP contribution < -0.4 is 11.1 Å². The Kier molecular flexibility index (Phi) is 9.11. The lowest BCUT2D eigenvalue weighted by molar-refractivity contribution is -0.131. The van der Waals surface area contributed by atoms with Crippen molar-refractivity contribution in [1.82, 2.24) is 20.1 Å². The van der Waals surface area contributed by atoms with Gasteiger partial charge in [-0.2, -0.15) is 5.10 Å². The van der Waals surface area contributed by atoms with Gasteiger partial charge in [0.25, 0.3) is 0 Å². The molecule has 8 nitrogen and oxygen atoms in total. The van der Waals surface area contributed by atoms with E-state index in [2.05, 4.69) is 55.3 Å². The molecule has 4 rings (SSSR count). The monoisotopic (exact) mass is 539 g/mol. The van der Waals surface area contributed by atoms with Crippen molar-refractivity contribution in [2.24, 2.45) is 5.73 Å². The van der Waals surface area contributed by atoms with E-state index in [9.17, 15) is 14.7 Å². The van der Waals surface area contributed by atoms with Gasteiger partial charge in [0, 0.05) is 18.3 Å². The minimum Gasteiger partial charge on any atom is -0.508 e. The van der Waals surface area contributed by atoms with Gasteiger partial charge in [-0.05, 0) is 84.7 Å². The molecule has 1 unspecified atom stereocenters. The minimum atomic E-state index is -0.850. The molecule has 0 aliphatic rings.